The monoisotopic (exact) mass is 341 g/mol. The Labute approximate surface area is 151 Å². The highest BCUT2D eigenvalue weighted by Gasteiger charge is 2.04. The summed E-state index contributed by atoms with van der Waals surface area (Å²) in [5.41, 5.74) is 10.8. The molecule has 0 fully saturated rings. The summed E-state index contributed by atoms with van der Waals surface area (Å²) in [5.74, 6) is 0. The number of benzene rings is 3. The van der Waals surface area contributed by atoms with Gasteiger partial charge in [0.15, 0.2) is 0 Å². The van der Waals surface area contributed by atoms with Gasteiger partial charge in [0.1, 0.15) is 11.3 Å². The van der Waals surface area contributed by atoms with E-state index >= 15 is 0 Å². The fourth-order valence-corrected chi connectivity index (χ4v) is 3.12. The lowest BCUT2D eigenvalue weighted by Gasteiger charge is -2.06. The van der Waals surface area contributed by atoms with Crippen LogP contribution in [0.5, 0.6) is 0 Å². The number of hydrogen-bond acceptors (Lipinski definition) is 3. The Morgan fingerprint density at radius 3 is 1.96 bits per heavy atom. The van der Waals surface area contributed by atoms with Crippen LogP contribution in [0, 0.1) is 0 Å². The summed E-state index contributed by atoms with van der Waals surface area (Å²) in [6.07, 6.45) is 1.72. The van der Waals surface area contributed by atoms with E-state index in [4.69, 9.17) is 10.2 Å². The fraction of sp³-hybridized carbons (Fsp3) is 0.0870. The van der Waals surface area contributed by atoms with Gasteiger partial charge in [-0.3, -0.25) is 0 Å². The average molecular weight is 341 g/mol. The SMILES string of the molecule is Nc1cc2ccc(Cc3ccc(Cc4ccccc4)cc3)cc2oc1=O. The third-order valence-corrected chi connectivity index (χ3v) is 4.51. The van der Waals surface area contributed by atoms with Crippen molar-refractivity contribution in [2.45, 2.75) is 12.8 Å². The second-order valence-electron chi connectivity index (χ2n) is 6.52. The minimum Gasteiger partial charge on any atom is -0.421 e. The molecule has 0 aliphatic carbocycles. The predicted octanol–water partition coefficient (Wildman–Crippen LogP) is 4.56. The Kier molecular flexibility index (Phi) is 4.28. The zero-order valence-electron chi connectivity index (χ0n) is 14.3. The normalized spacial score (nSPS) is 10.9. The van der Waals surface area contributed by atoms with Crippen LogP contribution in [0.25, 0.3) is 11.0 Å². The first-order valence-electron chi connectivity index (χ1n) is 8.61. The van der Waals surface area contributed by atoms with E-state index in [9.17, 15) is 4.79 Å². The second-order valence-corrected chi connectivity index (χ2v) is 6.52. The topological polar surface area (TPSA) is 56.2 Å². The minimum atomic E-state index is -0.486. The van der Waals surface area contributed by atoms with Gasteiger partial charge in [-0.2, -0.15) is 0 Å². The summed E-state index contributed by atoms with van der Waals surface area (Å²) in [6.45, 7) is 0. The molecule has 26 heavy (non-hydrogen) atoms. The first kappa shape index (κ1) is 16.2. The fourth-order valence-electron chi connectivity index (χ4n) is 3.12. The largest absolute Gasteiger partial charge is 0.421 e. The molecule has 0 saturated carbocycles. The van der Waals surface area contributed by atoms with Gasteiger partial charge >= 0.3 is 5.63 Å². The van der Waals surface area contributed by atoms with Crippen molar-refractivity contribution in [3.63, 3.8) is 0 Å². The van der Waals surface area contributed by atoms with Crippen LogP contribution in [0.4, 0.5) is 5.69 Å². The molecule has 1 aromatic heterocycles. The van der Waals surface area contributed by atoms with Crippen molar-refractivity contribution in [1.82, 2.24) is 0 Å². The van der Waals surface area contributed by atoms with Crippen molar-refractivity contribution >= 4 is 16.7 Å². The summed E-state index contributed by atoms with van der Waals surface area (Å²) in [4.78, 5) is 11.6. The van der Waals surface area contributed by atoms with E-state index in [2.05, 4.69) is 48.5 Å². The molecule has 3 nitrogen and oxygen atoms in total. The zero-order valence-corrected chi connectivity index (χ0v) is 14.3. The number of rotatable bonds is 4. The molecule has 4 rings (SSSR count). The van der Waals surface area contributed by atoms with E-state index < -0.39 is 5.63 Å². The minimum absolute atomic E-state index is 0.138. The molecule has 1 heterocycles. The molecule has 4 aromatic rings. The van der Waals surface area contributed by atoms with Crippen LogP contribution in [-0.2, 0) is 12.8 Å². The van der Waals surface area contributed by atoms with E-state index in [0.717, 1.165) is 23.8 Å². The van der Waals surface area contributed by atoms with Crippen LogP contribution in [0.15, 0.2) is 88.1 Å². The Hall–Kier alpha value is -3.33. The lowest BCUT2D eigenvalue weighted by atomic mass is 10.00. The van der Waals surface area contributed by atoms with E-state index in [-0.39, 0.29) is 5.69 Å². The van der Waals surface area contributed by atoms with Gasteiger partial charge in [0, 0.05) is 5.39 Å². The van der Waals surface area contributed by atoms with Crippen LogP contribution in [0.3, 0.4) is 0 Å². The maximum atomic E-state index is 11.6. The Bertz CT molecular complexity index is 1100. The van der Waals surface area contributed by atoms with E-state index in [1.165, 1.54) is 16.7 Å². The number of nitrogen functional groups attached to an aromatic ring is 1. The standard InChI is InChI=1S/C23H19NO2/c24-21-15-20-11-10-19(14-22(20)26-23(21)25)13-18-8-6-17(7-9-18)12-16-4-2-1-3-5-16/h1-11,14-15H,12-13,24H2. The molecular formula is C23H19NO2. The molecule has 0 spiro atoms. The Balaban J connectivity index is 1.53. The summed E-state index contributed by atoms with van der Waals surface area (Å²) in [7, 11) is 0. The van der Waals surface area contributed by atoms with Crippen molar-refractivity contribution in [3.8, 4) is 0 Å². The quantitative estimate of drug-likeness (QED) is 0.554. The summed E-state index contributed by atoms with van der Waals surface area (Å²) < 4.78 is 5.28. The van der Waals surface area contributed by atoms with Crippen molar-refractivity contribution in [1.29, 1.82) is 0 Å². The van der Waals surface area contributed by atoms with Gasteiger partial charge in [0.2, 0.25) is 0 Å². The van der Waals surface area contributed by atoms with E-state index in [1.807, 2.05) is 24.3 Å². The molecule has 0 saturated heterocycles. The highest BCUT2D eigenvalue weighted by atomic mass is 16.4. The Morgan fingerprint density at radius 2 is 1.27 bits per heavy atom. The van der Waals surface area contributed by atoms with Gasteiger partial charge in [-0.1, -0.05) is 66.7 Å². The third kappa shape index (κ3) is 3.52. The predicted molar refractivity (Wildman–Crippen MR) is 105 cm³/mol. The van der Waals surface area contributed by atoms with Crippen LogP contribution in [-0.4, -0.2) is 0 Å². The first-order chi connectivity index (χ1) is 12.7. The molecule has 0 aliphatic heterocycles. The van der Waals surface area contributed by atoms with Gasteiger partial charge < -0.3 is 10.2 Å². The average Bonchev–Trinajstić information content (AvgIpc) is 2.65. The molecule has 2 N–H and O–H groups in total. The van der Waals surface area contributed by atoms with Gasteiger partial charge in [-0.05, 0) is 47.2 Å². The maximum absolute atomic E-state index is 11.6. The molecule has 0 atom stereocenters. The maximum Gasteiger partial charge on any atom is 0.359 e. The van der Waals surface area contributed by atoms with Crippen molar-refractivity contribution < 1.29 is 4.42 Å². The number of hydrogen-bond donors (Lipinski definition) is 1. The van der Waals surface area contributed by atoms with Gasteiger partial charge in [0.05, 0.1) is 0 Å². The number of anilines is 1. The zero-order chi connectivity index (χ0) is 17.9. The Morgan fingerprint density at radius 1 is 0.692 bits per heavy atom. The van der Waals surface area contributed by atoms with Crippen LogP contribution < -0.4 is 11.4 Å². The summed E-state index contributed by atoms with van der Waals surface area (Å²) in [6, 6.07) is 26.6. The van der Waals surface area contributed by atoms with Gasteiger partial charge in [-0.15, -0.1) is 0 Å². The molecule has 128 valence electrons. The molecular weight excluding hydrogens is 322 g/mol. The number of nitrogens with two attached hydrogens (primary N) is 1. The van der Waals surface area contributed by atoms with Crippen LogP contribution >= 0.6 is 0 Å². The third-order valence-electron chi connectivity index (χ3n) is 4.51. The summed E-state index contributed by atoms with van der Waals surface area (Å²) in [5, 5.41) is 0.837. The summed E-state index contributed by atoms with van der Waals surface area (Å²) >= 11 is 0. The van der Waals surface area contributed by atoms with E-state index in [0.29, 0.717) is 5.58 Å². The van der Waals surface area contributed by atoms with E-state index in [1.54, 1.807) is 6.07 Å². The van der Waals surface area contributed by atoms with Crippen molar-refractivity contribution in [2.24, 2.45) is 0 Å². The molecule has 0 amide bonds. The van der Waals surface area contributed by atoms with Crippen LogP contribution in [0.1, 0.15) is 22.3 Å². The second kappa shape index (κ2) is 6.89. The molecule has 0 radical (unpaired) electrons. The van der Waals surface area contributed by atoms with Crippen molar-refractivity contribution in [2.75, 3.05) is 5.73 Å². The molecule has 3 heteroatoms. The molecule has 0 aliphatic rings. The molecule has 0 bridgehead atoms. The highest BCUT2D eigenvalue weighted by molar-refractivity contribution is 5.79. The molecule has 0 unspecified atom stereocenters. The van der Waals surface area contributed by atoms with Crippen molar-refractivity contribution in [3.05, 3.63) is 112 Å². The van der Waals surface area contributed by atoms with Gasteiger partial charge in [0.25, 0.3) is 0 Å². The lowest BCUT2D eigenvalue weighted by molar-refractivity contribution is 0.564. The first-order valence-corrected chi connectivity index (χ1v) is 8.61. The lowest BCUT2D eigenvalue weighted by Crippen LogP contribution is -2.05. The van der Waals surface area contributed by atoms with Gasteiger partial charge in [-0.25, -0.2) is 4.79 Å². The smallest absolute Gasteiger partial charge is 0.359 e. The number of fused-ring (bicyclic) bond motifs is 1. The molecule has 3 aromatic carbocycles. The highest BCUT2D eigenvalue weighted by Crippen LogP contribution is 2.19. The van der Waals surface area contributed by atoms with Crippen LogP contribution in [0.2, 0.25) is 0 Å².